The molecule has 51 heavy (non-hydrogen) atoms. The van der Waals surface area contributed by atoms with Gasteiger partial charge in [0.05, 0.1) is 18.3 Å². The highest BCUT2D eigenvalue weighted by atomic mass is 32.2. The Hall–Kier alpha value is -2.88. The summed E-state index contributed by atoms with van der Waals surface area (Å²) in [4.78, 5) is 13.7. The lowest BCUT2D eigenvalue weighted by Crippen LogP contribution is -2.19. The molecule has 1 heterocycles. The Balaban J connectivity index is 1.20. The van der Waals surface area contributed by atoms with E-state index in [0.717, 1.165) is 92.3 Å². The largest absolute Gasteiger partial charge is 0.460 e. The maximum atomic E-state index is 6.22. The first-order chi connectivity index (χ1) is 25.0. The van der Waals surface area contributed by atoms with Gasteiger partial charge in [-0.05, 0) is 113 Å². The van der Waals surface area contributed by atoms with Crippen molar-refractivity contribution in [1.82, 2.24) is 15.0 Å². The number of unbranched alkanes of at least 4 members (excludes halogenated alkanes) is 3. The van der Waals surface area contributed by atoms with Crippen molar-refractivity contribution in [3.05, 3.63) is 108 Å². The fourth-order valence-electron chi connectivity index (χ4n) is 5.40. The predicted octanol–water partition coefficient (Wildman–Crippen LogP) is 11.5. The molecule has 276 valence electrons. The van der Waals surface area contributed by atoms with Crippen molar-refractivity contribution in [3.63, 3.8) is 0 Å². The summed E-state index contributed by atoms with van der Waals surface area (Å²) in [5.74, 6) is 6.57. The molecule has 3 aromatic carbocycles. The quantitative estimate of drug-likeness (QED) is 0.0555. The second kappa shape index (κ2) is 25.2. The van der Waals surface area contributed by atoms with Crippen molar-refractivity contribution in [1.29, 1.82) is 0 Å². The normalized spacial score (nSPS) is 13.0. The van der Waals surface area contributed by atoms with E-state index in [1.807, 2.05) is 35.3 Å². The molecule has 1 aromatic heterocycles. The first kappa shape index (κ1) is 40.9. The highest BCUT2D eigenvalue weighted by Crippen LogP contribution is 2.22. The van der Waals surface area contributed by atoms with Crippen LogP contribution in [0, 0.1) is 0 Å². The van der Waals surface area contributed by atoms with Crippen molar-refractivity contribution in [3.8, 4) is 18.0 Å². The zero-order valence-corrected chi connectivity index (χ0v) is 33.2. The maximum absolute atomic E-state index is 6.22. The molecule has 3 unspecified atom stereocenters. The van der Waals surface area contributed by atoms with Crippen LogP contribution in [0.2, 0.25) is 0 Å². The number of benzene rings is 3. The van der Waals surface area contributed by atoms with Gasteiger partial charge in [0.15, 0.2) is 0 Å². The van der Waals surface area contributed by atoms with E-state index in [1.54, 1.807) is 0 Å². The summed E-state index contributed by atoms with van der Waals surface area (Å²) in [7, 11) is 0. The van der Waals surface area contributed by atoms with Crippen molar-refractivity contribution in [2.24, 2.45) is 0 Å². The zero-order valence-electron chi connectivity index (χ0n) is 30.8. The maximum Gasteiger partial charge on any atom is 0.326 e. The lowest BCUT2D eigenvalue weighted by atomic mass is 10.2. The van der Waals surface area contributed by atoms with Crippen LogP contribution < -0.4 is 14.2 Å². The summed E-state index contributed by atoms with van der Waals surface area (Å²) in [5, 5.41) is 0. The van der Waals surface area contributed by atoms with Crippen molar-refractivity contribution in [2.45, 2.75) is 114 Å². The van der Waals surface area contributed by atoms with Crippen LogP contribution in [0.4, 0.5) is 0 Å². The van der Waals surface area contributed by atoms with Gasteiger partial charge in [-0.3, -0.25) is 0 Å². The van der Waals surface area contributed by atoms with E-state index < -0.39 is 0 Å². The first-order valence-corrected chi connectivity index (χ1v) is 22.1. The van der Waals surface area contributed by atoms with Gasteiger partial charge in [-0.2, -0.15) is 35.3 Å². The Labute approximate surface area is 320 Å². The number of thioether (sulfide) groups is 3. The van der Waals surface area contributed by atoms with Gasteiger partial charge in [0.1, 0.15) is 0 Å². The summed E-state index contributed by atoms with van der Waals surface area (Å²) >= 11 is 5.95. The molecular formula is C42H57N3O3S3. The lowest BCUT2D eigenvalue weighted by molar-refractivity contribution is 0.148. The predicted molar refractivity (Wildman–Crippen MR) is 219 cm³/mol. The highest BCUT2D eigenvalue weighted by Gasteiger charge is 2.17. The van der Waals surface area contributed by atoms with Crippen LogP contribution in [-0.2, 0) is 17.3 Å². The number of nitrogens with zero attached hydrogens (tertiary/aromatic N) is 3. The van der Waals surface area contributed by atoms with Crippen LogP contribution in [0.15, 0.2) is 91.0 Å². The van der Waals surface area contributed by atoms with E-state index in [4.69, 9.17) is 14.2 Å². The molecule has 0 saturated carbocycles. The van der Waals surface area contributed by atoms with E-state index in [-0.39, 0.29) is 36.3 Å². The fourth-order valence-corrected chi connectivity index (χ4v) is 8.34. The second-order valence-corrected chi connectivity index (χ2v) is 16.4. The number of hydrogen-bond acceptors (Lipinski definition) is 9. The first-order valence-electron chi connectivity index (χ1n) is 18.6. The van der Waals surface area contributed by atoms with Gasteiger partial charge >= 0.3 is 18.0 Å². The Kier molecular flexibility index (Phi) is 20.2. The molecule has 0 fully saturated rings. The Morgan fingerprint density at radius 2 is 0.686 bits per heavy atom. The average Bonchev–Trinajstić information content (AvgIpc) is 3.14. The molecule has 0 amide bonds. The van der Waals surface area contributed by atoms with Crippen LogP contribution in [0.1, 0.15) is 95.2 Å². The minimum atomic E-state index is -0.0242. The Morgan fingerprint density at radius 3 is 0.961 bits per heavy atom. The Bertz CT molecular complexity index is 1270. The molecule has 0 aliphatic heterocycles. The topological polar surface area (TPSA) is 66.4 Å². The third kappa shape index (κ3) is 18.4. The molecule has 0 aliphatic rings. The van der Waals surface area contributed by atoms with E-state index in [1.165, 1.54) is 16.7 Å². The highest BCUT2D eigenvalue weighted by molar-refractivity contribution is 7.98. The van der Waals surface area contributed by atoms with Crippen molar-refractivity contribution in [2.75, 3.05) is 17.3 Å². The summed E-state index contributed by atoms with van der Waals surface area (Å²) < 4.78 is 18.7. The molecule has 0 saturated heterocycles. The molecule has 0 radical (unpaired) electrons. The van der Waals surface area contributed by atoms with Crippen LogP contribution in [0.25, 0.3) is 0 Å². The number of rotatable bonds is 27. The van der Waals surface area contributed by atoms with Crippen LogP contribution in [-0.4, -0.2) is 50.5 Å². The van der Waals surface area contributed by atoms with Gasteiger partial charge in [0, 0.05) is 17.3 Å². The molecule has 6 nitrogen and oxygen atoms in total. The van der Waals surface area contributed by atoms with E-state index in [9.17, 15) is 0 Å². The van der Waals surface area contributed by atoms with E-state index >= 15 is 0 Å². The molecular weight excluding hydrogens is 691 g/mol. The summed E-state index contributed by atoms with van der Waals surface area (Å²) in [6, 6.07) is 32.8. The SMILES string of the molecule is CC(CCCCSCc1ccccc1)Oc1nc(OC(C)CCCCSCc2ccccc2)nc(OC(C)CCCCSCc2ccccc2)n1. The number of hydrogen-bond donors (Lipinski definition) is 0. The minimum absolute atomic E-state index is 0.0242. The third-order valence-corrected chi connectivity index (χ3v) is 11.6. The van der Waals surface area contributed by atoms with Crippen LogP contribution >= 0.6 is 35.3 Å². The van der Waals surface area contributed by atoms with Crippen molar-refractivity contribution >= 4 is 35.3 Å². The van der Waals surface area contributed by atoms with Crippen LogP contribution in [0.5, 0.6) is 18.0 Å². The van der Waals surface area contributed by atoms with E-state index in [2.05, 4.69) is 127 Å². The molecule has 4 rings (SSSR count). The number of aromatic nitrogens is 3. The number of ether oxygens (including phenoxy) is 3. The molecule has 4 aromatic rings. The van der Waals surface area contributed by atoms with Gasteiger partial charge in [-0.25, -0.2) is 0 Å². The standard InChI is InChI=1S/C42H57N3O3S3/c1-34(19-13-16-28-49-31-37-22-7-4-8-23-37)46-40-43-41(47-35(2)20-14-17-29-50-32-38-24-9-5-10-25-38)45-42(44-40)48-36(3)21-15-18-30-51-33-39-26-11-6-12-27-39/h4-12,22-27,34-36H,13-21,28-33H2,1-3H3. The van der Waals surface area contributed by atoms with E-state index in [0.29, 0.717) is 0 Å². The summed E-state index contributed by atoms with van der Waals surface area (Å²) in [6.45, 7) is 6.25. The summed E-state index contributed by atoms with van der Waals surface area (Å²) in [6.07, 6.45) is 9.42. The monoisotopic (exact) mass is 747 g/mol. The molecule has 0 aliphatic carbocycles. The smallest absolute Gasteiger partial charge is 0.326 e. The van der Waals surface area contributed by atoms with Crippen LogP contribution in [0.3, 0.4) is 0 Å². The average molecular weight is 748 g/mol. The zero-order chi connectivity index (χ0) is 35.8. The minimum Gasteiger partial charge on any atom is -0.460 e. The summed E-state index contributed by atoms with van der Waals surface area (Å²) in [5.41, 5.74) is 4.14. The van der Waals surface area contributed by atoms with Gasteiger partial charge in [0.25, 0.3) is 0 Å². The molecule has 3 atom stereocenters. The fraction of sp³-hybridized carbons (Fsp3) is 0.500. The lowest BCUT2D eigenvalue weighted by Gasteiger charge is -2.18. The van der Waals surface area contributed by atoms with Gasteiger partial charge in [-0.15, -0.1) is 15.0 Å². The Morgan fingerprint density at radius 1 is 0.412 bits per heavy atom. The molecule has 0 spiro atoms. The third-order valence-electron chi connectivity index (χ3n) is 8.28. The van der Waals surface area contributed by atoms with Crippen molar-refractivity contribution < 1.29 is 14.2 Å². The van der Waals surface area contributed by atoms with Gasteiger partial charge < -0.3 is 14.2 Å². The second-order valence-electron chi connectivity index (χ2n) is 13.1. The van der Waals surface area contributed by atoms with Gasteiger partial charge in [-0.1, -0.05) is 91.0 Å². The molecule has 0 N–H and O–H groups in total. The molecule has 0 bridgehead atoms. The van der Waals surface area contributed by atoms with Gasteiger partial charge in [0.2, 0.25) is 0 Å². The molecule has 9 heteroatoms.